The largest absolute Gasteiger partial charge is 0.496 e. The molecule has 134 valence electrons. The van der Waals surface area contributed by atoms with Crippen LogP contribution in [0.15, 0.2) is 60.7 Å². The van der Waals surface area contributed by atoms with Gasteiger partial charge in [0.15, 0.2) is 0 Å². The molecule has 0 radical (unpaired) electrons. The van der Waals surface area contributed by atoms with Crippen LogP contribution in [0, 0.1) is 0 Å². The monoisotopic (exact) mass is 348 g/mol. The number of nitrogens with one attached hydrogen (secondary N) is 2. The van der Waals surface area contributed by atoms with Crippen molar-refractivity contribution < 1.29 is 9.53 Å². The maximum atomic E-state index is 11.8. The van der Waals surface area contributed by atoms with Gasteiger partial charge in [0.05, 0.1) is 7.11 Å². The van der Waals surface area contributed by atoms with Gasteiger partial charge in [-0.2, -0.15) is 0 Å². The van der Waals surface area contributed by atoms with E-state index in [1.807, 2.05) is 42.5 Å². The van der Waals surface area contributed by atoms with E-state index in [1.54, 1.807) is 14.2 Å². The summed E-state index contributed by atoms with van der Waals surface area (Å²) in [6.45, 7) is 2.84. The molecule has 3 rings (SSSR count). The lowest BCUT2D eigenvalue weighted by Crippen LogP contribution is -2.20. The Labute approximate surface area is 154 Å². The SMILES string of the molecule is CNC(=O)c1cccc(CN[C@H](C)c2ccc(OC)c3ccccc23)c1. The summed E-state index contributed by atoms with van der Waals surface area (Å²) in [5.74, 6) is 0.816. The number of fused-ring (bicyclic) bond motifs is 1. The zero-order chi connectivity index (χ0) is 18.5. The lowest BCUT2D eigenvalue weighted by atomic mass is 9.98. The number of carbonyl (C=O) groups is 1. The number of benzene rings is 3. The molecule has 0 aromatic heterocycles. The second-order valence-corrected chi connectivity index (χ2v) is 6.28. The molecule has 0 unspecified atom stereocenters. The van der Waals surface area contributed by atoms with E-state index in [-0.39, 0.29) is 11.9 Å². The zero-order valence-electron chi connectivity index (χ0n) is 15.4. The molecule has 1 amide bonds. The number of rotatable bonds is 6. The van der Waals surface area contributed by atoms with Crippen molar-refractivity contribution >= 4 is 16.7 Å². The summed E-state index contributed by atoms with van der Waals surface area (Å²) in [7, 11) is 3.34. The van der Waals surface area contributed by atoms with Crippen LogP contribution in [0.1, 0.15) is 34.5 Å². The van der Waals surface area contributed by atoms with Gasteiger partial charge in [0, 0.05) is 30.6 Å². The standard InChI is InChI=1S/C22H24N2O2/c1-15(24-14-16-7-6-8-17(13-16)22(25)23-2)18-11-12-21(26-3)20-10-5-4-9-19(18)20/h4-13,15,24H,14H2,1-3H3,(H,23,25)/t15-/m1/s1. The number of methoxy groups -OCH3 is 1. The van der Waals surface area contributed by atoms with Gasteiger partial charge in [-0.3, -0.25) is 4.79 Å². The highest BCUT2D eigenvalue weighted by molar-refractivity contribution is 5.94. The van der Waals surface area contributed by atoms with Crippen molar-refractivity contribution in [2.75, 3.05) is 14.2 Å². The van der Waals surface area contributed by atoms with Gasteiger partial charge in [0.2, 0.25) is 0 Å². The van der Waals surface area contributed by atoms with E-state index < -0.39 is 0 Å². The smallest absolute Gasteiger partial charge is 0.251 e. The molecular formula is C22H24N2O2. The molecule has 0 aliphatic carbocycles. The molecule has 4 heteroatoms. The number of hydrogen-bond donors (Lipinski definition) is 2. The van der Waals surface area contributed by atoms with Gasteiger partial charge in [-0.05, 0) is 41.6 Å². The summed E-state index contributed by atoms with van der Waals surface area (Å²) in [4.78, 5) is 11.8. The first-order valence-electron chi connectivity index (χ1n) is 8.74. The van der Waals surface area contributed by atoms with Crippen LogP contribution in [-0.4, -0.2) is 20.1 Å². The summed E-state index contributed by atoms with van der Waals surface area (Å²) in [5, 5.41) is 8.52. The fourth-order valence-electron chi connectivity index (χ4n) is 3.20. The van der Waals surface area contributed by atoms with Crippen molar-refractivity contribution in [3.63, 3.8) is 0 Å². The molecule has 0 saturated heterocycles. The van der Waals surface area contributed by atoms with Crippen molar-refractivity contribution in [2.45, 2.75) is 19.5 Å². The molecule has 2 N–H and O–H groups in total. The first-order valence-corrected chi connectivity index (χ1v) is 8.74. The Morgan fingerprint density at radius 3 is 2.54 bits per heavy atom. The fourth-order valence-corrected chi connectivity index (χ4v) is 3.20. The third kappa shape index (κ3) is 3.70. The summed E-state index contributed by atoms with van der Waals surface area (Å²) < 4.78 is 5.48. The first-order chi connectivity index (χ1) is 12.6. The minimum Gasteiger partial charge on any atom is -0.496 e. The molecule has 4 nitrogen and oxygen atoms in total. The third-order valence-electron chi connectivity index (χ3n) is 4.63. The number of amides is 1. The maximum absolute atomic E-state index is 11.8. The van der Waals surface area contributed by atoms with E-state index in [0.29, 0.717) is 12.1 Å². The molecule has 0 aliphatic rings. The molecule has 3 aromatic carbocycles. The van der Waals surface area contributed by atoms with Crippen LogP contribution in [0.2, 0.25) is 0 Å². The molecule has 0 aliphatic heterocycles. The van der Waals surface area contributed by atoms with Gasteiger partial charge < -0.3 is 15.4 Å². The van der Waals surface area contributed by atoms with Gasteiger partial charge in [-0.1, -0.05) is 42.5 Å². The Kier molecular flexibility index (Phi) is 5.54. The topological polar surface area (TPSA) is 50.4 Å². The van der Waals surface area contributed by atoms with Crippen LogP contribution in [0.25, 0.3) is 10.8 Å². The second-order valence-electron chi connectivity index (χ2n) is 6.28. The van der Waals surface area contributed by atoms with Crippen molar-refractivity contribution in [1.82, 2.24) is 10.6 Å². The van der Waals surface area contributed by atoms with Crippen molar-refractivity contribution in [1.29, 1.82) is 0 Å². The average molecular weight is 348 g/mol. The summed E-state index contributed by atoms with van der Waals surface area (Å²) in [6.07, 6.45) is 0. The number of ether oxygens (including phenoxy) is 1. The minimum atomic E-state index is -0.0685. The lowest BCUT2D eigenvalue weighted by Gasteiger charge is -2.18. The van der Waals surface area contributed by atoms with E-state index in [9.17, 15) is 4.79 Å². The van der Waals surface area contributed by atoms with Gasteiger partial charge in [0.1, 0.15) is 5.75 Å². The molecule has 0 bridgehead atoms. The van der Waals surface area contributed by atoms with Crippen molar-refractivity contribution in [2.24, 2.45) is 0 Å². The molecule has 1 atom stereocenters. The Morgan fingerprint density at radius 1 is 1.04 bits per heavy atom. The highest BCUT2D eigenvalue weighted by Crippen LogP contribution is 2.31. The molecule has 3 aromatic rings. The number of hydrogen-bond acceptors (Lipinski definition) is 3. The van der Waals surface area contributed by atoms with Gasteiger partial charge in [-0.15, -0.1) is 0 Å². The fraction of sp³-hybridized carbons (Fsp3) is 0.227. The van der Waals surface area contributed by atoms with Crippen molar-refractivity contribution in [3.05, 3.63) is 77.4 Å². The van der Waals surface area contributed by atoms with Gasteiger partial charge in [-0.25, -0.2) is 0 Å². The van der Waals surface area contributed by atoms with Crippen LogP contribution in [0.3, 0.4) is 0 Å². The van der Waals surface area contributed by atoms with Crippen molar-refractivity contribution in [3.8, 4) is 5.75 Å². The zero-order valence-corrected chi connectivity index (χ0v) is 15.4. The van der Waals surface area contributed by atoms with Gasteiger partial charge in [0.25, 0.3) is 5.91 Å². The molecule has 0 heterocycles. The van der Waals surface area contributed by atoms with Crippen LogP contribution >= 0.6 is 0 Å². The number of carbonyl (C=O) groups excluding carboxylic acids is 1. The Hall–Kier alpha value is -2.85. The highest BCUT2D eigenvalue weighted by Gasteiger charge is 2.12. The Balaban J connectivity index is 1.80. The third-order valence-corrected chi connectivity index (χ3v) is 4.63. The highest BCUT2D eigenvalue weighted by atomic mass is 16.5. The lowest BCUT2D eigenvalue weighted by molar-refractivity contribution is 0.0963. The van der Waals surface area contributed by atoms with E-state index >= 15 is 0 Å². The van der Waals surface area contributed by atoms with Gasteiger partial charge >= 0.3 is 0 Å². The summed E-state index contributed by atoms with van der Waals surface area (Å²) in [6, 6.07) is 20.2. The Morgan fingerprint density at radius 2 is 1.81 bits per heavy atom. The molecule has 26 heavy (non-hydrogen) atoms. The van der Waals surface area contributed by atoms with Crippen LogP contribution in [-0.2, 0) is 6.54 Å². The molecule has 0 saturated carbocycles. The predicted octanol–water partition coefficient (Wildman–Crippen LogP) is 4.06. The maximum Gasteiger partial charge on any atom is 0.251 e. The normalized spacial score (nSPS) is 12.0. The summed E-state index contributed by atoms with van der Waals surface area (Å²) in [5.41, 5.74) is 2.98. The molecule has 0 fully saturated rings. The first kappa shape index (κ1) is 18.0. The average Bonchev–Trinajstić information content (AvgIpc) is 2.70. The van der Waals surface area contributed by atoms with Crippen LogP contribution < -0.4 is 15.4 Å². The summed E-state index contributed by atoms with van der Waals surface area (Å²) >= 11 is 0. The van der Waals surface area contributed by atoms with E-state index in [1.165, 1.54) is 10.9 Å². The van der Waals surface area contributed by atoms with Crippen LogP contribution in [0.5, 0.6) is 5.75 Å². The van der Waals surface area contributed by atoms with Crippen LogP contribution in [0.4, 0.5) is 0 Å². The quantitative estimate of drug-likeness (QED) is 0.706. The molecular weight excluding hydrogens is 324 g/mol. The second kappa shape index (κ2) is 8.02. The van der Waals surface area contributed by atoms with E-state index in [0.717, 1.165) is 16.7 Å². The van der Waals surface area contributed by atoms with E-state index in [2.05, 4.69) is 35.8 Å². The minimum absolute atomic E-state index is 0.0685. The van der Waals surface area contributed by atoms with E-state index in [4.69, 9.17) is 4.74 Å². The predicted molar refractivity (Wildman–Crippen MR) is 106 cm³/mol. The molecule has 0 spiro atoms. The Bertz CT molecular complexity index is 921.